The second kappa shape index (κ2) is 6.91. The zero-order valence-electron chi connectivity index (χ0n) is 14.5. The molecule has 1 saturated heterocycles. The number of anilines is 1. The molecule has 1 aliphatic heterocycles. The molecule has 0 radical (unpaired) electrons. The number of aromatic nitrogens is 5. The van der Waals surface area contributed by atoms with Crippen molar-refractivity contribution >= 4 is 11.7 Å². The molecule has 3 aromatic heterocycles. The molecule has 0 spiro atoms. The van der Waals surface area contributed by atoms with Crippen LogP contribution < -0.4 is 4.90 Å². The van der Waals surface area contributed by atoms with E-state index in [1.165, 1.54) is 0 Å². The Balaban J connectivity index is 1.39. The minimum atomic E-state index is 0.0215. The topological polar surface area (TPSA) is 80.0 Å². The first-order chi connectivity index (χ1) is 12.7. The van der Waals surface area contributed by atoms with Crippen LogP contribution in [0.3, 0.4) is 0 Å². The molecular weight excluding hydrogens is 330 g/mol. The van der Waals surface area contributed by atoms with Gasteiger partial charge in [0.15, 0.2) is 11.6 Å². The lowest BCUT2D eigenvalue weighted by Gasteiger charge is -2.35. The third-order valence-corrected chi connectivity index (χ3v) is 4.39. The van der Waals surface area contributed by atoms with E-state index in [1.54, 1.807) is 29.2 Å². The van der Waals surface area contributed by atoms with Crippen LogP contribution in [0.4, 0.5) is 5.82 Å². The van der Waals surface area contributed by atoms with Crippen molar-refractivity contribution in [3.63, 3.8) is 0 Å². The fourth-order valence-corrected chi connectivity index (χ4v) is 2.96. The van der Waals surface area contributed by atoms with Crippen molar-refractivity contribution in [2.75, 3.05) is 31.1 Å². The van der Waals surface area contributed by atoms with E-state index in [0.717, 1.165) is 24.6 Å². The van der Waals surface area contributed by atoms with E-state index in [1.807, 2.05) is 36.2 Å². The van der Waals surface area contributed by atoms with Crippen LogP contribution in [-0.4, -0.2) is 61.9 Å². The Labute approximate surface area is 151 Å². The first-order valence-electron chi connectivity index (χ1n) is 8.51. The summed E-state index contributed by atoms with van der Waals surface area (Å²) in [6.45, 7) is 4.68. The molecule has 0 atom stereocenters. The Bertz CT molecular complexity index is 883. The number of pyridine rings is 1. The van der Waals surface area contributed by atoms with Crippen LogP contribution in [0.1, 0.15) is 16.1 Å². The van der Waals surface area contributed by atoms with Gasteiger partial charge in [0.25, 0.3) is 5.91 Å². The van der Waals surface area contributed by atoms with Gasteiger partial charge < -0.3 is 9.80 Å². The highest BCUT2D eigenvalue weighted by molar-refractivity contribution is 5.94. The van der Waals surface area contributed by atoms with E-state index in [9.17, 15) is 4.79 Å². The van der Waals surface area contributed by atoms with Gasteiger partial charge in [0.05, 0.1) is 11.3 Å². The van der Waals surface area contributed by atoms with Crippen molar-refractivity contribution < 1.29 is 4.79 Å². The zero-order valence-corrected chi connectivity index (χ0v) is 14.5. The van der Waals surface area contributed by atoms with E-state index in [-0.39, 0.29) is 5.91 Å². The second-order valence-corrected chi connectivity index (χ2v) is 6.17. The number of hydrogen-bond acceptors (Lipinski definition) is 6. The summed E-state index contributed by atoms with van der Waals surface area (Å²) in [5, 5.41) is 12.9. The minimum Gasteiger partial charge on any atom is -0.352 e. The summed E-state index contributed by atoms with van der Waals surface area (Å²) in [5.41, 5.74) is 1.56. The molecule has 0 aromatic carbocycles. The smallest absolute Gasteiger partial charge is 0.255 e. The molecule has 1 aliphatic rings. The molecule has 1 amide bonds. The van der Waals surface area contributed by atoms with Crippen LogP contribution in [0.2, 0.25) is 0 Å². The second-order valence-electron chi connectivity index (χ2n) is 6.17. The largest absolute Gasteiger partial charge is 0.352 e. The standard InChI is InChI=1S/C18H19N7O/c1-14-6-8-25(22-14)17-5-4-16(20-21-17)23-9-11-24(12-10-23)18(26)15-3-2-7-19-13-15/h2-8,13H,9-12H2,1H3. The first-order valence-corrected chi connectivity index (χ1v) is 8.51. The summed E-state index contributed by atoms with van der Waals surface area (Å²) in [6, 6.07) is 9.35. The van der Waals surface area contributed by atoms with Gasteiger partial charge in [-0.05, 0) is 37.3 Å². The molecule has 4 rings (SSSR count). The van der Waals surface area contributed by atoms with Gasteiger partial charge in [-0.25, -0.2) is 4.68 Å². The lowest BCUT2D eigenvalue weighted by molar-refractivity contribution is 0.0746. The summed E-state index contributed by atoms with van der Waals surface area (Å²) < 4.78 is 1.70. The Morgan fingerprint density at radius 1 is 1.00 bits per heavy atom. The normalized spacial score (nSPS) is 14.5. The predicted molar refractivity (Wildman–Crippen MR) is 96.2 cm³/mol. The molecule has 0 bridgehead atoms. The lowest BCUT2D eigenvalue weighted by Crippen LogP contribution is -2.49. The van der Waals surface area contributed by atoms with Gasteiger partial charge in [0.1, 0.15) is 0 Å². The quantitative estimate of drug-likeness (QED) is 0.710. The number of piperazine rings is 1. The Morgan fingerprint density at radius 2 is 1.77 bits per heavy atom. The van der Waals surface area contributed by atoms with Crippen molar-refractivity contribution in [2.45, 2.75) is 6.92 Å². The number of aryl methyl sites for hydroxylation is 1. The number of nitrogens with zero attached hydrogens (tertiary/aromatic N) is 7. The van der Waals surface area contributed by atoms with E-state index in [2.05, 4.69) is 25.2 Å². The van der Waals surface area contributed by atoms with Crippen LogP contribution in [-0.2, 0) is 0 Å². The third kappa shape index (κ3) is 3.26. The highest BCUT2D eigenvalue weighted by Crippen LogP contribution is 2.15. The van der Waals surface area contributed by atoms with Crippen LogP contribution in [0, 0.1) is 6.92 Å². The first kappa shape index (κ1) is 16.2. The lowest BCUT2D eigenvalue weighted by atomic mass is 10.2. The molecule has 0 saturated carbocycles. The van der Waals surface area contributed by atoms with Gasteiger partial charge in [-0.1, -0.05) is 0 Å². The predicted octanol–water partition coefficient (Wildman–Crippen LogP) is 1.33. The van der Waals surface area contributed by atoms with E-state index in [0.29, 0.717) is 24.5 Å². The molecule has 132 valence electrons. The molecule has 0 aliphatic carbocycles. The van der Waals surface area contributed by atoms with Gasteiger partial charge in [-0.2, -0.15) is 5.10 Å². The van der Waals surface area contributed by atoms with E-state index in [4.69, 9.17) is 0 Å². The SMILES string of the molecule is Cc1ccn(-c2ccc(N3CCN(C(=O)c4cccnc4)CC3)nn2)n1. The average molecular weight is 349 g/mol. The maximum atomic E-state index is 12.5. The monoisotopic (exact) mass is 349 g/mol. The van der Waals surface area contributed by atoms with Crippen LogP contribution in [0.15, 0.2) is 48.9 Å². The third-order valence-electron chi connectivity index (χ3n) is 4.39. The van der Waals surface area contributed by atoms with Crippen LogP contribution in [0.25, 0.3) is 5.82 Å². The summed E-state index contributed by atoms with van der Waals surface area (Å²) in [5.74, 6) is 1.52. The maximum absolute atomic E-state index is 12.5. The summed E-state index contributed by atoms with van der Waals surface area (Å²) in [4.78, 5) is 20.5. The van der Waals surface area contributed by atoms with Gasteiger partial charge in [0.2, 0.25) is 0 Å². The molecule has 8 nitrogen and oxygen atoms in total. The minimum absolute atomic E-state index is 0.0215. The van der Waals surface area contributed by atoms with Crippen molar-refractivity contribution in [1.29, 1.82) is 0 Å². The van der Waals surface area contributed by atoms with Gasteiger partial charge >= 0.3 is 0 Å². The summed E-state index contributed by atoms with van der Waals surface area (Å²) in [6.07, 6.45) is 5.14. The number of rotatable bonds is 3. The number of carbonyl (C=O) groups is 1. The fraction of sp³-hybridized carbons (Fsp3) is 0.278. The number of hydrogen-bond donors (Lipinski definition) is 0. The van der Waals surface area contributed by atoms with Crippen LogP contribution >= 0.6 is 0 Å². The molecule has 0 N–H and O–H groups in total. The van der Waals surface area contributed by atoms with Crippen LogP contribution in [0.5, 0.6) is 0 Å². The summed E-state index contributed by atoms with van der Waals surface area (Å²) >= 11 is 0. The highest BCUT2D eigenvalue weighted by atomic mass is 16.2. The van der Waals surface area contributed by atoms with Gasteiger partial charge in [-0.3, -0.25) is 9.78 Å². The highest BCUT2D eigenvalue weighted by Gasteiger charge is 2.23. The Morgan fingerprint density at radius 3 is 2.38 bits per heavy atom. The molecule has 4 heterocycles. The molecule has 8 heteroatoms. The van der Waals surface area contributed by atoms with Crippen molar-refractivity contribution in [1.82, 2.24) is 29.9 Å². The van der Waals surface area contributed by atoms with Crippen molar-refractivity contribution in [2.24, 2.45) is 0 Å². The van der Waals surface area contributed by atoms with E-state index >= 15 is 0 Å². The Hall–Kier alpha value is -3.29. The molecule has 3 aromatic rings. The molecule has 26 heavy (non-hydrogen) atoms. The molecular formula is C18H19N7O. The van der Waals surface area contributed by atoms with E-state index < -0.39 is 0 Å². The van der Waals surface area contributed by atoms with Gasteiger partial charge in [0, 0.05) is 44.8 Å². The Kier molecular flexibility index (Phi) is 4.30. The fourth-order valence-electron chi connectivity index (χ4n) is 2.96. The average Bonchev–Trinajstić information content (AvgIpc) is 3.15. The summed E-state index contributed by atoms with van der Waals surface area (Å²) in [7, 11) is 0. The van der Waals surface area contributed by atoms with Crippen molar-refractivity contribution in [3.05, 3.63) is 60.2 Å². The number of carbonyl (C=O) groups excluding carboxylic acids is 1. The van der Waals surface area contributed by atoms with Crippen molar-refractivity contribution in [3.8, 4) is 5.82 Å². The van der Waals surface area contributed by atoms with Gasteiger partial charge in [-0.15, -0.1) is 10.2 Å². The zero-order chi connectivity index (χ0) is 17.9. The molecule has 0 unspecified atom stereocenters. The maximum Gasteiger partial charge on any atom is 0.255 e. The number of amides is 1. The molecule has 1 fully saturated rings.